The van der Waals surface area contributed by atoms with Gasteiger partial charge in [-0.1, -0.05) is 48.0 Å². The Balaban J connectivity index is 1.82. The van der Waals surface area contributed by atoms with Gasteiger partial charge >= 0.3 is 0 Å². The highest BCUT2D eigenvalue weighted by Crippen LogP contribution is 2.35. The lowest BCUT2D eigenvalue weighted by molar-refractivity contribution is -0.112. The molecule has 3 rings (SSSR count). The van der Waals surface area contributed by atoms with Crippen molar-refractivity contribution in [3.63, 3.8) is 0 Å². The summed E-state index contributed by atoms with van der Waals surface area (Å²) in [6.07, 6.45) is 1.54. The third-order valence-corrected chi connectivity index (χ3v) is 5.23. The van der Waals surface area contributed by atoms with Crippen molar-refractivity contribution in [2.75, 3.05) is 12.4 Å². The van der Waals surface area contributed by atoms with Gasteiger partial charge in [0.05, 0.1) is 10.7 Å². The molecular formula is C25H21IN2O3. The summed E-state index contributed by atoms with van der Waals surface area (Å²) in [5.74, 6) is 0.683. The number of rotatable bonds is 7. The van der Waals surface area contributed by atoms with Gasteiger partial charge in [0.15, 0.2) is 11.5 Å². The van der Waals surface area contributed by atoms with E-state index in [-0.39, 0.29) is 5.57 Å². The highest BCUT2D eigenvalue weighted by molar-refractivity contribution is 14.1. The van der Waals surface area contributed by atoms with Crippen molar-refractivity contribution in [3.05, 3.63) is 92.6 Å². The molecule has 0 aliphatic rings. The molecule has 0 bridgehead atoms. The van der Waals surface area contributed by atoms with Crippen molar-refractivity contribution in [1.82, 2.24) is 0 Å². The Morgan fingerprint density at radius 2 is 1.90 bits per heavy atom. The van der Waals surface area contributed by atoms with Crippen LogP contribution in [0.3, 0.4) is 0 Å². The van der Waals surface area contributed by atoms with E-state index >= 15 is 0 Å². The van der Waals surface area contributed by atoms with Gasteiger partial charge in [0, 0.05) is 5.69 Å². The summed E-state index contributed by atoms with van der Waals surface area (Å²) in [7, 11) is 1.56. The van der Waals surface area contributed by atoms with Crippen LogP contribution in [-0.2, 0) is 11.4 Å². The molecule has 6 heteroatoms. The molecular weight excluding hydrogens is 503 g/mol. The van der Waals surface area contributed by atoms with Gasteiger partial charge in [0.1, 0.15) is 18.2 Å². The summed E-state index contributed by atoms with van der Waals surface area (Å²) in [5.41, 5.74) is 3.52. The molecule has 0 saturated carbocycles. The van der Waals surface area contributed by atoms with Gasteiger partial charge in [0.25, 0.3) is 5.91 Å². The highest BCUT2D eigenvalue weighted by Gasteiger charge is 2.14. The first-order valence-corrected chi connectivity index (χ1v) is 10.6. The van der Waals surface area contributed by atoms with Gasteiger partial charge < -0.3 is 14.8 Å². The Morgan fingerprint density at radius 1 is 1.13 bits per heavy atom. The number of anilines is 1. The Labute approximate surface area is 195 Å². The fraction of sp³-hybridized carbons (Fsp3) is 0.120. The lowest BCUT2D eigenvalue weighted by atomic mass is 10.1. The standard InChI is InChI=1S/C25H21IN2O3/c1-17-7-6-8-18(11-17)16-31-24-22(26)13-19(14-23(24)30-2)12-20(15-27)25(29)28-21-9-4-3-5-10-21/h3-14H,16H2,1-2H3,(H,28,29)/b20-12-. The van der Waals surface area contributed by atoms with Crippen LogP contribution in [0, 0.1) is 21.8 Å². The maximum Gasteiger partial charge on any atom is 0.266 e. The molecule has 0 spiro atoms. The SMILES string of the molecule is COc1cc(/C=C(/C#N)C(=O)Nc2ccccc2)cc(I)c1OCc1cccc(C)c1. The van der Waals surface area contributed by atoms with Crippen molar-refractivity contribution < 1.29 is 14.3 Å². The number of methoxy groups -OCH3 is 1. The number of ether oxygens (including phenoxy) is 2. The molecule has 3 aromatic carbocycles. The van der Waals surface area contributed by atoms with E-state index in [2.05, 4.69) is 34.0 Å². The fourth-order valence-electron chi connectivity index (χ4n) is 2.96. The van der Waals surface area contributed by atoms with E-state index in [9.17, 15) is 10.1 Å². The number of hydrogen-bond acceptors (Lipinski definition) is 4. The van der Waals surface area contributed by atoms with Crippen molar-refractivity contribution in [2.24, 2.45) is 0 Å². The van der Waals surface area contributed by atoms with E-state index in [1.54, 1.807) is 25.3 Å². The molecule has 0 atom stereocenters. The normalized spacial score (nSPS) is 10.8. The largest absolute Gasteiger partial charge is 0.493 e. The maximum atomic E-state index is 12.5. The number of nitrogens with zero attached hydrogens (tertiary/aromatic N) is 1. The van der Waals surface area contributed by atoms with Crippen molar-refractivity contribution >= 4 is 40.3 Å². The summed E-state index contributed by atoms with van der Waals surface area (Å²) < 4.78 is 12.3. The molecule has 0 aliphatic carbocycles. The van der Waals surface area contributed by atoms with Gasteiger partial charge in [-0.15, -0.1) is 0 Å². The summed E-state index contributed by atoms with van der Waals surface area (Å²) in [5, 5.41) is 12.2. The average molecular weight is 524 g/mol. The molecule has 0 fully saturated rings. The quantitative estimate of drug-likeness (QED) is 0.244. The smallest absolute Gasteiger partial charge is 0.266 e. The van der Waals surface area contributed by atoms with Crippen LogP contribution in [0.5, 0.6) is 11.5 Å². The number of carbonyl (C=O) groups is 1. The second-order valence-corrected chi connectivity index (χ2v) is 7.96. The van der Waals surface area contributed by atoms with Crippen LogP contribution in [0.1, 0.15) is 16.7 Å². The first kappa shape index (κ1) is 22.4. The molecule has 0 aromatic heterocycles. The summed E-state index contributed by atoms with van der Waals surface area (Å²) in [6, 6.07) is 22.7. The third kappa shape index (κ3) is 6.09. The van der Waals surface area contributed by atoms with Gasteiger partial charge in [-0.3, -0.25) is 4.79 Å². The van der Waals surface area contributed by atoms with E-state index in [1.165, 1.54) is 11.6 Å². The van der Waals surface area contributed by atoms with E-state index in [4.69, 9.17) is 9.47 Å². The minimum absolute atomic E-state index is 0.00450. The zero-order valence-corrected chi connectivity index (χ0v) is 19.3. The zero-order valence-electron chi connectivity index (χ0n) is 17.2. The van der Waals surface area contributed by atoms with Crippen LogP contribution < -0.4 is 14.8 Å². The van der Waals surface area contributed by atoms with E-state index in [0.29, 0.717) is 29.4 Å². The number of nitriles is 1. The van der Waals surface area contributed by atoms with Crippen LogP contribution in [0.4, 0.5) is 5.69 Å². The Hall–Kier alpha value is -3.31. The number of aryl methyl sites for hydroxylation is 1. The number of para-hydroxylation sites is 1. The Kier molecular flexibility index (Phi) is 7.68. The molecule has 31 heavy (non-hydrogen) atoms. The average Bonchev–Trinajstić information content (AvgIpc) is 2.77. The summed E-state index contributed by atoms with van der Waals surface area (Å²) >= 11 is 2.16. The van der Waals surface area contributed by atoms with Crippen LogP contribution in [-0.4, -0.2) is 13.0 Å². The Bertz CT molecular complexity index is 1150. The van der Waals surface area contributed by atoms with Crippen molar-refractivity contribution in [1.29, 1.82) is 5.26 Å². The fourth-order valence-corrected chi connectivity index (χ4v) is 3.74. The van der Waals surface area contributed by atoms with Crippen LogP contribution in [0.2, 0.25) is 0 Å². The third-order valence-electron chi connectivity index (χ3n) is 4.43. The van der Waals surface area contributed by atoms with E-state index in [0.717, 1.165) is 9.13 Å². The minimum Gasteiger partial charge on any atom is -0.493 e. The van der Waals surface area contributed by atoms with Crippen LogP contribution >= 0.6 is 22.6 Å². The van der Waals surface area contributed by atoms with Gasteiger partial charge in [0.2, 0.25) is 0 Å². The molecule has 0 heterocycles. The second kappa shape index (κ2) is 10.6. The number of nitrogens with one attached hydrogen (secondary N) is 1. The summed E-state index contributed by atoms with van der Waals surface area (Å²) in [6.45, 7) is 2.45. The molecule has 0 aliphatic heterocycles. The van der Waals surface area contributed by atoms with Crippen LogP contribution in [0.15, 0.2) is 72.3 Å². The Morgan fingerprint density at radius 3 is 2.58 bits per heavy atom. The molecule has 0 radical (unpaired) electrons. The lowest BCUT2D eigenvalue weighted by Crippen LogP contribution is -2.13. The lowest BCUT2D eigenvalue weighted by Gasteiger charge is -2.14. The predicted molar refractivity (Wildman–Crippen MR) is 130 cm³/mol. The number of hydrogen-bond donors (Lipinski definition) is 1. The predicted octanol–water partition coefficient (Wildman–Crippen LogP) is 5.73. The molecule has 3 aromatic rings. The van der Waals surface area contributed by atoms with Gasteiger partial charge in [-0.2, -0.15) is 5.26 Å². The van der Waals surface area contributed by atoms with E-state index < -0.39 is 5.91 Å². The highest BCUT2D eigenvalue weighted by atomic mass is 127. The van der Waals surface area contributed by atoms with Gasteiger partial charge in [-0.05, 0) is 71.0 Å². The number of halogens is 1. The number of benzene rings is 3. The first-order chi connectivity index (χ1) is 15.0. The van der Waals surface area contributed by atoms with E-state index in [1.807, 2.05) is 55.5 Å². The number of amides is 1. The molecule has 0 saturated heterocycles. The first-order valence-electron chi connectivity index (χ1n) is 9.54. The second-order valence-electron chi connectivity index (χ2n) is 6.80. The zero-order chi connectivity index (χ0) is 22.2. The maximum absolute atomic E-state index is 12.5. The molecule has 1 amide bonds. The molecule has 1 N–H and O–H groups in total. The molecule has 0 unspecified atom stereocenters. The number of carbonyl (C=O) groups excluding carboxylic acids is 1. The van der Waals surface area contributed by atoms with Crippen molar-refractivity contribution in [3.8, 4) is 17.6 Å². The summed E-state index contributed by atoms with van der Waals surface area (Å²) in [4.78, 5) is 12.5. The molecule has 156 valence electrons. The molecule has 5 nitrogen and oxygen atoms in total. The van der Waals surface area contributed by atoms with Crippen molar-refractivity contribution in [2.45, 2.75) is 13.5 Å². The van der Waals surface area contributed by atoms with Crippen LogP contribution in [0.25, 0.3) is 6.08 Å². The monoisotopic (exact) mass is 524 g/mol. The van der Waals surface area contributed by atoms with Gasteiger partial charge in [-0.25, -0.2) is 0 Å². The topological polar surface area (TPSA) is 71.3 Å². The minimum atomic E-state index is -0.470.